The number of benzene rings is 1. The zero-order chi connectivity index (χ0) is 7.56. The smallest absolute Gasteiger partial charge is 0.160 e. The van der Waals surface area contributed by atoms with Crippen LogP contribution in [0.2, 0.25) is 0 Å². The van der Waals surface area contributed by atoms with E-state index >= 15 is 0 Å². The molecule has 1 rings (SSSR count). The van der Waals surface area contributed by atoms with Crippen molar-refractivity contribution >= 4 is 28.3 Å². The lowest BCUT2D eigenvalue weighted by Gasteiger charge is -2.01. The second-order valence-electron chi connectivity index (χ2n) is 1.75. The van der Waals surface area contributed by atoms with Gasteiger partial charge in [0.25, 0.3) is 0 Å². The van der Waals surface area contributed by atoms with Gasteiger partial charge in [0.1, 0.15) is 0 Å². The molecule has 0 radical (unpaired) electrons. The van der Waals surface area contributed by atoms with Crippen LogP contribution in [0.15, 0.2) is 18.2 Å². The molecule has 0 atom stereocenters. The van der Waals surface area contributed by atoms with E-state index in [1.807, 2.05) is 22.6 Å². The van der Waals surface area contributed by atoms with Gasteiger partial charge < -0.3 is 5.43 Å². The Bertz CT molecular complexity index is 239. The van der Waals surface area contributed by atoms with Crippen LogP contribution in [0, 0.1) is 9.39 Å². The first-order valence-corrected chi connectivity index (χ1v) is 3.74. The van der Waals surface area contributed by atoms with Crippen LogP contribution in [0.5, 0.6) is 0 Å². The Morgan fingerprint density at radius 1 is 1.50 bits per heavy atom. The molecule has 0 saturated heterocycles. The SMILES string of the molecule is NNc1cccc(I)c1F. The van der Waals surface area contributed by atoms with Gasteiger partial charge in [0, 0.05) is 0 Å². The summed E-state index contributed by atoms with van der Waals surface area (Å²) < 4.78 is 13.4. The van der Waals surface area contributed by atoms with E-state index in [9.17, 15) is 4.39 Å². The topological polar surface area (TPSA) is 38.0 Å². The zero-order valence-electron chi connectivity index (χ0n) is 5.07. The molecule has 0 saturated carbocycles. The summed E-state index contributed by atoms with van der Waals surface area (Å²) in [5, 5.41) is 0. The number of hydrazine groups is 1. The first-order chi connectivity index (χ1) is 4.75. The van der Waals surface area contributed by atoms with E-state index in [0.717, 1.165) is 0 Å². The van der Waals surface area contributed by atoms with E-state index < -0.39 is 0 Å². The van der Waals surface area contributed by atoms with Crippen molar-refractivity contribution in [3.05, 3.63) is 27.6 Å². The number of nitrogens with one attached hydrogen (secondary N) is 1. The molecular weight excluding hydrogens is 246 g/mol. The Labute approximate surface area is 71.7 Å². The van der Waals surface area contributed by atoms with Gasteiger partial charge in [0.05, 0.1) is 9.26 Å². The molecule has 0 heterocycles. The van der Waals surface area contributed by atoms with Crippen LogP contribution >= 0.6 is 22.6 Å². The van der Waals surface area contributed by atoms with Crippen molar-refractivity contribution in [3.8, 4) is 0 Å². The van der Waals surface area contributed by atoms with Gasteiger partial charge in [-0.15, -0.1) is 0 Å². The van der Waals surface area contributed by atoms with E-state index in [4.69, 9.17) is 5.84 Å². The van der Waals surface area contributed by atoms with Gasteiger partial charge in [-0.2, -0.15) is 0 Å². The predicted octanol–water partition coefficient (Wildman–Crippen LogP) is 1.72. The van der Waals surface area contributed by atoms with E-state index in [0.29, 0.717) is 9.26 Å². The van der Waals surface area contributed by atoms with Crippen LogP contribution in [-0.4, -0.2) is 0 Å². The zero-order valence-corrected chi connectivity index (χ0v) is 7.22. The van der Waals surface area contributed by atoms with Crippen molar-refractivity contribution in [3.63, 3.8) is 0 Å². The first kappa shape index (κ1) is 7.74. The molecule has 0 aliphatic rings. The van der Waals surface area contributed by atoms with Crippen molar-refractivity contribution in [1.82, 2.24) is 0 Å². The Morgan fingerprint density at radius 2 is 2.20 bits per heavy atom. The fourth-order valence-corrected chi connectivity index (χ4v) is 1.11. The van der Waals surface area contributed by atoms with Gasteiger partial charge in [0.2, 0.25) is 0 Å². The molecule has 1 aromatic rings. The van der Waals surface area contributed by atoms with Crippen LogP contribution in [0.3, 0.4) is 0 Å². The molecule has 10 heavy (non-hydrogen) atoms. The lowest BCUT2D eigenvalue weighted by molar-refractivity contribution is 0.623. The van der Waals surface area contributed by atoms with E-state index in [-0.39, 0.29) is 5.82 Å². The number of halogens is 2. The quantitative estimate of drug-likeness (QED) is 0.453. The molecule has 54 valence electrons. The van der Waals surface area contributed by atoms with E-state index in [1.165, 1.54) is 0 Å². The summed E-state index contributed by atoms with van der Waals surface area (Å²) in [7, 11) is 0. The van der Waals surface area contributed by atoms with Gasteiger partial charge in [-0.3, -0.25) is 5.84 Å². The summed E-state index contributed by atoms with van der Waals surface area (Å²) in [6.45, 7) is 0. The van der Waals surface area contributed by atoms with Crippen molar-refractivity contribution in [2.24, 2.45) is 5.84 Å². The van der Waals surface area contributed by atoms with Crippen LogP contribution < -0.4 is 11.3 Å². The second kappa shape index (κ2) is 3.16. The molecule has 4 heteroatoms. The number of rotatable bonds is 1. The lowest BCUT2D eigenvalue weighted by atomic mass is 10.3. The van der Waals surface area contributed by atoms with Gasteiger partial charge in [-0.25, -0.2) is 4.39 Å². The Hall–Kier alpha value is -0.360. The molecule has 0 unspecified atom stereocenters. The molecule has 0 aromatic heterocycles. The minimum atomic E-state index is -0.300. The van der Waals surface area contributed by atoms with E-state index in [1.54, 1.807) is 18.2 Å². The van der Waals surface area contributed by atoms with Crippen molar-refractivity contribution < 1.29 is 4.39 Å². The maximum absolute atomic E-state index is 12.9. The molecule has 0 fully saturated rings. The van der Waals surface area contributed by atoms with E-state index in [2.05, 4.69) is 5.43 Å². The molecule has 1 aromatic carbocycles. The maximum atomic E-state index is 12.9. The van der Waals surface area contributed by atoms with Gasteiger partial charge in [-0.05, 0) is 34.7 Å². The monoisotopic (exact) mass is 252 g/mol. The summed E-state index contributed by atoms with van der Waals surface area (Å²) in [6.07, 6.45) is 0. The molecule has 2 nitrogen and oxygen atoms in total. The number of anilines is 1. The highest BCUT2D eigenvalue weighted by molar-refractivity contribution is 14.1. The highest BCUT2D eigenvalue weighted by Gasteiger charge is 2.01. The lowest BCUT2D eigenvalue weighted by Crippen LogP contribution is -2.08. The molecule has 0 aliphatic heterocycles. The minimum absolute atomic E-state index is 0.300. The predicted molar refractivity (Wildman–Crippen MR) is 46.9 cm³/mol. The third-order valence-corrected chi connectivity index (χ3v) is 1.94. The normalized spacial score (nSPS) is 9.50. The third kappa shape index (κ3) is 1.38. The fourth-order valence-electron chi connectivity index (χ4n) is 0.615. The highest BCUT2D eigenvalue weighted by Crippen LogP contribution is 2.17. The summed E-state index contributed by atoms with van der Waals surface area (Å²) in [5.41, 5.74) is 2.58. The minimum Gasteiger partial charge on any atom is -0.321 e. The van der Waals surface area contributed by atoms with Crippen LogP contribution in [0.4, 0.5) is 10.1 Å². The van der Waals surface area contributed by atoms with Gasteiger partial charge in [0.15, 0.2) is 5.82 Å². The van der Waals surface area contributed by atoms with Crippen molar-refractivity contribution in [2.75, 3.05) is 5.43 Å². The molecule has 0 spiro atoms. The second-order valence-corrected chi connectivity index (χ2v) is 2.91. The third-order valence-electron chi connectivity index (χ3n) is 1.11. The highest BCUT2D eigenvalue weighted by atomic mass is 127. The first-order valence-electron chi connectivity index (χ1n) is 2.66. The van der Waals surface area contributed by atoms with Gasteiger partial charge >= 0.3 is 0 Å². The van der Waals surface area contributed by atoms with Crippen LogP contribution in [-0.2, 0) is 0 Å². The van der Waals surface area contributed by atoms with Crippen molar-refractivity contribution in [1.29, 1.82) is 0 Å². The Kier molecular flexibility index (Phi) is 2.44. The Morgan fingerprint density at radius 3 is 2.70 bits per heavy atom. The number of nitrogens with two attached hydrogens (primary N) is 1. The largest absolute Gasteiger partial charge is 0.321 e. The summed E-state index contributed by atoms with van der Waals surface area (Å²) in [4.78, 5) is 0. The summed E-state index contributed by atoms with van der Waals surface area (Å²) >= 11 is 1.90. The van der Waals surface area contributed by atoms with Crippen LogP contribution in [0.1, 0.15) is 0 Å². The standard InChI is InChI=1S/C6H6FIN2/c7-6-4(8)2-1-3-5(6)10-9/h1-3,10H,9H2. The average molecular weight is 252 g/mol. The van der Waals surface area contributed by atoms with Crippen LogP contribution in [0.25, 0.3) is 0 Å². The number of nitrogen functional groups attached to an aromatic ring is 1. The summed E-state index contributed by atoms with van der Waals surface area (Å²) in [6, 6.07) is 4.99. The van der Waals surface area contributed by atoms with Crippen molar-refractivity contribution in [2.45, 2.75) is 0 Å². The molecular formula is C6H6FIN2. The Balaban J connectivity index is 3.14. The molecule has 0 aliphatic carbocycles. The average Bonchev–Trinajstić information content (AvgIpc) is 1.95. The molecule has 3 N–H and O–H groups in total. The molecule has 0 amide bonds. The molecule has 0 bridgehead atoms. The number of hydrogen-bond acceptors (Lipinski definition) is 2. The fraction of sp³-hybridized carbons (Fsp3) is 0. The van der Waals surface area contributed by atoms with Gasteiger partial charge in [-0.1, -0.05) is 6.07 Å². The number of hydrogen-bond donors (Lipinski definition) is 2. The maximum Gasteiger partial charge on any atom is 0.160 e. The summed E-state index contributed by atoms with van der Waals surface area (Å²) in [5.74, 6) is 4.73.